The average molecular weight is 366 g/mol. The largest absolute Gasteiger partial charge is 0.476 e. The molecule has 0 radical (unpaired) electrons. The van der Waals surface area contributed by atoms with Crippen LogP contribution < -0.4 is 10.6 Å². The van der Waals surface area contributed by atoms with Gasteiger partial charge in [0.2, 0.25) is 0 Å². The summed E-state index contributed by atoms with van der Waals surface area (Å²) in [6.45, 7) is 1.12. The molecule has 1 amide bonds. The molecule has 3 rings (SSSR count). The minimum Gasteiger partial charge on any atom is -0.476 e. The summed E-state index contributed by atoms with van der Waals surface area (Å²) in [5.74, 6) is -1.25. The van der Waals surface area contributed by atoms with Crippen LogP contribution in [0.15, 0.2) is 55.2 Å². The van der Waals surface area contributed by atoms with Crippen molar-refractivity contribution in [3.05, 3.63) is 66.5 Å². The zero-order chi connectivity index (χ0) is 19.1. The molecule has 0 saturated carbocycles. The number of carbonyl (C=O) groups excluding carboxylic acids is 1. The van der Waals surface area contributed by atoms with E-state index in [1.165, 1.54) is 12.5 Å². The van der Waals surface area contributed by atoms with Crippen molar-refractivity contribution in [3.8, 4) is 0 Å². The zero-order valence-electron chi connectivity index (χ0n) is 14.4. The van der Waals surface area contributed by atoms with E-state index in [1.54, 1.807) is 29.2 Å². The standard InChI is InChI=1S/C18H18N6O3/c25-17(13-5-2-1-3-6-13)20-7-4-8-24-11-14(9-22-24)23-15-10-19-12-21-16(15)18(26)27/h1-3,5-6,9-12,23H,4,7-8H2,(H,20,25)(H,26,27). The monoisotopic (exact) mass is 366 g/mol. The van der Waals surface area contributed by atoms with Crippen LogP contribution in [0.1, 0.15) is 27.3 Å². The highest BCUT2D eigenvalue weighted by Gasteiger charge is 2.12. The number of carboxylic acid groups (broad SMARTS) is 1. The van der Waals surface area contributed by atoms with Gasteiger partial charge in [-0.05, 0) is 18.6 Å². The number of amides is 1. The molecule has 0 aliphatic carbocycles. The predicted molar refractivity (Wildman–Crippen MR) is 97.9 cm³/mol. The van der Waals surface area contributed by atoms with Crippen molar-refractivity contribution in [1.82, 2.24) is 25.1 Å². The maximum Gasteiger partial charge on any atom is 0.356 e. The van der Waals surface area contributed by atoms with Gasteiger partial charge in [-0.3, -0.25) is 9.48 Å². The maximum atomic E-state index is 11.9. The molecule has 0 saturated heterocycles. The van der Waals surface area contributed by atoms with Crippen molar-refractivity contribution in [2.24, 2.45) is 0 Å². The van der Waals surface area contributed by atoms with Gasteiger partial charge in [-0.25, -0.2) is 14.8 Å². The van der Waals surface area contributed by atoms with E-state index in [-0.39, 0.29) is 11.6 Å². The molecule has 0 aliphatic heterocycles. The molecule has 3 aromatic rings. The lowest BCUT2D eigenvalue weighted by molar-refractivity contribution is 0.0691. The van der Waals surface area contributed by atoms with Crippen LogP contribution in [0.3, 0.4) is 0 Å². The van der Waals surface area contributed by atoms with Crippen molar-refractivity contribution in [2.75, 3.05) is 11.9 Å². The number of hydrogen-bond acceptors (Lipinski definition) is 6. The van der Waals surface area contributed by atoms with Crippen molar-refractivity contribution in [3.63, 3.8) is 0 Å². The second-order valence-electron chi connectivity index (χ2n) is 5.68. The van der Waals surface area contributed by atoms with Crippen LogP contribution in [0, 0.1) is 0 Å². The number of benzene rings is 1. The normalized spacial score (nSPS) is 10.4. The highest BCUT2D eigenvalue weighted by atomic mass is 16.4. The third-order valence-electron chi connectivity index (χ3n) is 3.71. The Morgan fingerprint density at radius 3 is 2.74 bits per heavy atom. The Kier molecular flexibility index (Phi) is 5.73. The van der Waals surface area contributed by atoms with Crippen LogP contribution in [0.2, 0.25) is 0 Å². The van der Waals surface area contributed by atoms with Gasteiger partial charge >= 0.3 is 5.97 Å². The molecule has 9 nitrogen and oxygen atoms in total. The van der Waals surface area contributed by atoms with Gasteiger partial charge in [-0.1, -0.05) is 18.2 Å². The van der Waals surface area contributed by atoms with Gasteiger partial charge < -0.3 is 15.7 Å². The molecule has 27 heavy (non-hydrogen) atoms. The van der Waals surface area contributed by atoms with E-state index < -0.39 is 5.97 Å². The Balaban J connectivity index is 1.49. The van der Waals surface area contributed by atoms with Crippen LogP contribution in [-0.4, -0.2) is 43.3 Å². The Bertz CT molecular complexity index is 926. The third kappa shape index (κ3) is 4.88. The quantitative estimate of drug-likeness (QED) is 0.521. The molecule has 0 fully saturated rings. The molecule has 0 spiro atoms. The van der Waals surface area contributed by atoms with E-state index in [0.29, 0.717) is 36.4 Å². The molecule has 2 heterocycles. The molecule has 0 aliphatic rings. The molecule has 0 atom stereocenters. The summed E-state index contributed by atoms with van der Waals surface area (Å²) < 4.78 is 1.71. The Morgan fingerprint density at radius 1 is 1.15 bits per heavy atom. The summed E-state index contributed by atoms with van der Waals surface area (Å²) in [7, 11) is 0. The number of hydrogen-bond donors (Lipinski definition) is 3. The SMILES string of the molecule is O=C(NCCCn1cc(Nc2cncnc2C(=O)O)cn1)c1ccccc1. The molecule has 1 aromatic carbocycles. The van der Waals surface area contributed by atoms with Gasteiger partial charge in [-0.15, -0.1) is 0 Å². The van der Waals surface area contributed by atoms with E-state index in [2.05, 4.69) is 25.7 Å². The Hall–Kier alpha value is -3.75. The van der Waals surface area contributed by atoms with Gasteiger partial charge in [0, 0.05) is 24.8 Å². The van der Waals surface area contributed by atoms with E-state index in [4.69, 9.17) is 5.11 Å². The van der Waals surface area contributed by atoms with Gasteiger partial charge in [-0.2, -0.15) is 5.10 Å². The maximum absolute atomic E-state index is 11.9. The summed E-state index contributed by atoms with van der Waals surface area (Å²) in [5.41, 5.74) is 1.43. The molecular formula is C18H18N6O3. The number of carbonyl (C=O) groups is 2. The molecule has 0 bridgehead atoms. The minimum atomic E-state index is -1.14. The fourth-order valence-corrected chi connectivity index (χ4v) is 2.43. The lowest BCUT2D eigenvalue weighted by Gasteiger charge is -2.06. The first-order chi connectivity index (χ1) is 13.1. The lowest BCUT2D eigenvalue weighted by atomic mass is 10.2. The van der Waals surface area contributed by atoms with E-state index >= 15 is 0 Å². The fourth-order valence-electron chi connectivity index (χ4n) is 2.43. The summed E-state index contributed by atoms with van der Waals surface area (Å²) >= 11 is 0. The van der Waals surface area contributed by atoms with E-state index in [0.717, 1.165) is 0 Å². The molecule has 138 valence electrons. The van der Waals surface area contributed by atoms with Crippen LogP contribution in [0.5, 0.6) is 0 Å². The third-order valence-corrected chi connectivity index (χ3v) is 3.71. The summed E-state index contributed by atoms with van der Waals surface area (Å²) in [5, 5.41) is 19.2. The predicted octanol–water partition coefficient (Wildman–Crippen LogP) is 1.93. The van der Waals surface area contributed by atoms with Crippen LogP contribution in [0.25, 0.3) is 0 Å². The van der Waals surface area contributed by atoms with Crippen molar-refractivity contribution < 1.29 is 14.7 Å². The van der Waals surface area contributed by atoms with Crippen LogP contribution in [0.4, 0.5) is 11.4 Å². The van der Waals surface area contributed by atoms with Crippen molar-refractivity contribution >= 4 is 23.3 Å². The summed E-state index contributed by atoms with van der Waals surface area (Å²) in [6, 6.07) is 9.03. The number of nitrogens with one attached hydrogen (secondary N) is 2. The van der Waals surface area contributed by atoms with E-state index in [1.807, 2.05) is 18.2 Å². The minimum absolute atomic E-state index is 0.108. The second kappa shape index (κ2) is 8.56. The number of aromatic nitrogens is 4. The molecular weight excluding hydrogens is 348 g/mol. The highest BCUT2D eigenvalue weighted by molar-refractivity contribution is 5.94. The van der Waals surface area contributed by atoms with Gasteiger partial charge in [0.15, 0.2) is 5.69 Å². The molecule has 3 N–H and O–H groups in total. The van der Waals surface area contributed by atoms with E-state index in [9.17, 15) is 9.59 Å². The van der Waals surface area contributed by atoms with Crippen LogP contribution in [-0.2, 0) is 6.54 Å². The number of rotatable bonds is 8. The number of nitrogens with zero attached hydrogens (tertiary/aromatic N) is 4. The summed E-state index contributed by atoms with van der Waals surface area (Å²) in [6.07, 6.45) is 6.61. The first-order valence-corrected chi connectivity index (χ1v) is 8.29. The zero-order valence-corrected chi connectivity index (χ0v) is 14.4. The average Bonchev–Trinajstić information content (AvgIpc) is 3.13. The lowest BCUT2D eigenvalue weighted by Crippen LogP contribution is -2.25. The van der Waals surface area contributed by atoms with Gasteiger partial charge in [0.25, 0.3) is 5.91 Å². The number of carboxylic acids is 1. The number of anilines is 2. The number of aryl methyl sites for hydroxylation is 1. The van der Waals surface area contributed by atoms with Gasteiger partial charge in [0.05, 0.1) is 23.8 Å². The fraction of sp³-hybridized carbons (Fsp3) is 0.167. The molecule has 9 heteroatoms. The van der Waals surface area contributed by atoms with Crippen molar-refractivity contribution in [2.45, 2.75) is 13.0 Å². The first-order valence-electron chi connectivity index (χ1n) is 8.29. The summed E-state index contributed by atoms with van der Waals surface area (Å²) in [4.78, 5) is 30.7. The molecule has 0 unspecified atom stereocenters. The van der Waals surface area contributed by atoms with Crippen molar-refractivity contribution in [1.29, 1.82) is 0 Å². The van der Waals surface area contributed by atoms with Crippen LogP contribution >= 0.6 is 0 Å². The topological polar surface area (TPSA) is 122 Å². The Morgan fingerprint density at radius 2 is 1.96 bits per heavy atom. The number of aromatic carboxylic acids is 1. The molecule has 2 aromatic heterocycles. The second-order valence-corrected chi connectivity index (χ2v) is 5.68. The first kappa shape index (κ1) is 18.1. The van der Waals surface area contributed by atoms with Gasteiger partial charge in [0.1, 0.15) is 6.33 Å². The highest BCUT2D eigenvalue weighted by Crippen LogP contribution is 2.17. The Labute approximate surface area is 155 Å². The smallest absolute Gasteiger partial charge is 0.356 e.